The van der Waals surface area contributed by atoms with Crippen molar-refractivity contribution < 1.29 is 23.1 Å². The summed E-state index contributed by atoms with van der Waals surface area (Å²) in [5.74, 6) is -3.78. The lowest BCUT2D eigenvalue weighted by atomic mass is 9.86. The van der Waals surface area contributed by atoms with Crippen molar-refractivity contribution in [1.82, 2.24) is 0 Å². The molecular weight excluding hydrogens is 330 g/mol. The molecule has 7 heteroatoms. The Morgan fingerprint density at radius 2 is 1.84 bits per heavy atom. The van der Waals surface area contributed by atoms with Gasteiger partial charge in [0, 0.05) is 7.11 Å². The average molecular weight is 346 g/mol. The summed E-state index contributed by atoms with van der Waals surface area (Å²) in [6, 6.07) is 8.82. The number of hydrogen-bond donors (Lipinski definition) is 1. The molecule has 1 aliphatic heterocycles. The third kappa shape index (κ3) is 2.39. The summed E-state index contributed by atoms with van der Waals surface area (Å²) in [4.78, 5) is 25.5. The molecule has 2 aromatic carbocycles. The van der Waals surface area contributed by atoms with E-state index in [2.05, 4.69) is 0 Å². The Kier molecular flexibility index (Phi) is 4.04. The second-order valence-corrected chi connectivity index (χ2v) is 5.86. The Labute approximate surface area is 143 Å². The van der Waals surface area contributed by atoms with E-state index < -0.39 is 35.6 Å². The minimum Gasteiger partial charge on any atom is -0.368 e. The minimum atomic E-state index is -1.88. The van der Waals surface area contributed by atoms with Crippen molar-refractivity contribution in [2.45, 2.75) is 12.5 Å². The smallest absolute Gasteiger partial charge is 0.269 e. The second kappa shape index (κ2) is 5.93. The van der Waals surface area contributed by atoms with Crippen LogP contribution in [0.2, 0.25) is 0 Å². The van der Waals surface area contributed by atoms with Gasteiger partial charge in [0.15, 0.2) is 11.6 Å². The Balaban J connectivity index is 2.33. The van der Waals surface area contributed by atoms with Crippen LogP contribution in [0.15, 0.2) is 36.4 Å². The van der Waals surface area contributed by atoms with Crippen LogP contribution in [0.25, 0.3) is 0 Å². The zero-order valence-corrected chi connectivity index (χ0v) is 13.7. The summed E-state index contributed by atoms with van der Waals surface area (Å²) >= 11 is 0. The van der Waals surface area contributed by atoms with Gasteiger partial charge in [-0.25, -0.2) is 8.78 Å². The lowest BCUT2D eigenvalue weighted by molar-refractivity contribution is -0.136. The number of ether oxygens (including phenoxy) is 1. The van der Waals surface area contributed by atoms with Crippen molar-refractivity contribution in [3.8, 4) is 0 Å². The van der Waals surface area contributed by atoms with E-state index in [-0.39, 0.29) is 11.3 Å². The summed E-state index contributed by atoms with van der Waals surface area (Å²) < 4.78 is 34.0. The van der Waals surface area contributed by atoms with E-state index in [4.69, 9.17) is 10.5 Å². The van der Waals surface area contributed by atoms with E-state index >= 15 is 0 Å². The maximum atomic E-state index is 14.7. The fourth-order valence-corrected chi connectivity index (χ4v) is 3.18. The van der Waals surface area contributed by atoms with Crippen LogP contribution in [-0.4, -0.2) is 25.5 Å². The van der Waals surface area contributed by atoms with Crippen LogP contribution in [-0.2, 0) is 19.9 Å². The predicted molar refractivity (Wildman–Crippen MR) is 86.9 cm³/mol. The van der Waals surface area contributed by atoms with E-state index in [1.807, 2.05) is 6.92 Å². The molecule has 1 atom stereocenters. The number of hydrogen-bond acceptors (Lipinski definition) is 3. The number of nitrogens with zero attached hydrogens (tertiary/aromatic N) is 1. The van der Waals surface area contributed by atoms with Crippen LogP contribution < -0.4 is 10.6 Å². The van der Waals surface area contributed by atoms with Crippen LogP contribution in [0.3, 0.4) is 0 Å². The van der Waals surface area contributed by atoms with E-state index in [1.165, 1.54) is 13.2 Å². The molecule has 0 fully saturated rings. The summed E-state index contributed by atoms with van der Waals surface area (Å²) in [6.45, 7) is 1.39. The molecule has 2 N–H and O–H groups in total. The molecule has 5 nitrogen and oxygen atoms in total. The number of rotatable bonds is 4. The van der Waals surface area contributed by atoms with Crippen LogP contribution in [0.4, 0.5) is 14.5 Å². The van der Waals surface area contributed by atoms with E-state index in [9.17, 15) is 18.4 Å². The summed E-state index contributed by atoms with van der Waals surface area (Å²) in [6.07, 6.45) is 0. The first-order valence-corrected chi connectivity index (χ1v) is 7.54. The molecule has 1 heterocycles. The van der Waals surface area contributed by atoms with E-state index in [0.29, 0.717) is 5.56 Å². The standard InChI is InChI=1S/C18H16F2N2O3/c1-10-3-5-11(6-4-10)18(25-2)15-13(8-7-12(19)16(15)20)22(17(18)24)9-14(21)23/h3-8H,9H2,1-2H3,(H2,21,23)/t18-/m0/s1. The number of primary amides is 1. The molecule has 130 valence electrons. The van der Waals surface area contributed by atoms with Crippen LogP contribution >= 0.6 is 0 Å². The Hall–Kier alpha value is -2.80. The molecule has 0 saturated heterocycles. The predicted octanol–water partition coefficient (Wildman–Crippen LogP) is 2.00. The Bertz CT molecular complexity index is 867. The molecule has 0 aliphatic carbocycles. The van der Waals surface area contributed by atoms with Gasteiger partial charge in [0.2, 0.25) is 11.5 Å². The zero-order chi connectivity index (χ0) is 18.4. The van der Waals surface area contributed by atoms with Crippen LogP contribution in [0.1, 0.15) is 16.7 Å². The normalized spacial score (nSPS) is 19.2. The van der Waals surface area contributed by atoms with Crippen molar-refractivity contribution in [3.63, 3.8) is 0 Å². The third-order valence-electron chi connectivity index (χ3n) is 4.34. The lowest BCUT2D eigenvalue weighted by Gasteiger charge is -2.28. The maximum absolute atomic E-state index is 14.7. The number of amides is 2. The van der Waals surface area contributed by atoms with Gasteiger partial charge in [-0.2, -0.15) is 0 Å². The molecule has 0 radical (unpaired) electrons. The first-order chi connectivity index (χ1) is 11.8. The molecular formula is C18H16F2N2O3. The van der Waals surface area contributed by atoms with Gasteiger partial charge in [-0.05, 0) is 24.6 Å². The Morgan fingerprint density at radius 3 is 2.40 bits per heavy atom. The number of anilines is 1. The number of fused-ring (bicyclic) bond motifs is 1. The number of halogens is 2. The van der Waals surface area contributed by atoms with Gasteiger partial charge in [0.1, 0.15) is 6.54 Å². The van der Waals surface area contributed by atoms with Gasteiger partial charge in [-0.1, -0.05) is 29.8 Å². The van der Waals surface area contributed by atoms with Crippen molar-refractivity contribution in [1.29, 1.82) is 0 Å². The highest BCUT2D eigenvalue weighted by molar-refractivity contribution is 6.11. The molecule has 2 aromatic rings. The maximum Gasteiger partial charge on any atom is 0.269 e. The molecule has 0 unspecified atom stereocenters. The van der Waals surface area contributed by atoms with E-state index in [1.54, 1.807) is 24.3 Å². The fraction of sp³-hybridized carbons (Fsp3) is 0.222. The van der Waals surface area contributed by atoms with Gasteiger partial charge >= 0.3 is 0 Å². The monoisotopic (exact) mass is 346 g/mol. The molecule has 25 heavy (non-hydrogen) atoms. The van der Waals surface area contributed by atoms with Crippen LogP contribution in [0, 0.1) is 18.6 Å². The number of aryl methyl sites for hydroxylation is 1. The molecule has 0 saturated carbocycles. The number of nitrogens with two attached hydrogens (primary N) is 1. The molecule has 0 spiro atoms. The molecule has 0 bridgehead atoms. The zero-order valence-electron chi connectivity index (χ0n) is 13.7. The van der Waals surface area contributed by atoms with Gasteiger partial charge in [-0.3, -0.25) is 14.5 Å². The van der Waals surface area contributed by atoms with Crippen LogP contribution in [0.5, 0.6) is 0 Å². The van der Waals surface area contributed by atoms with Gasteiger partial charge < -0.3 is 10.5 Å². The fourth-order valence-electron chi connectivity index (χ4n) is 3.18. The number of benzene rings is 2. The number of carbonyl (C=O) groups is 2. The SMILES string of the molecule is CO[C@]1(c2ccc(C)cc2)C(=O)N(CC(N)=O)c2ccc(F)c(F)c21. The van der Waals surface area contributed by atoms with Gasteiger partial charge in [0.25, 0.3) is 5.91 Å². The second-order valence-electron chi connectivity index (χ2n) is 5.86. The highest BCUT2D eigenvalue weighted by Crippen LogP contribution is 2.48. The summed E-state index contributed by atoms with van der Waals surface area (Å²) in [5, 5.41) is 0. The molecule has 2 amide bonds. The molecule has 0 aromatic heterocycles. The topological polar surface area (TPSA) is 72.6 Å². The average Bonchev–Trinajstić information content (AvgIpc) is 2.81. The Morgan fingerprint density at radius 1 is 1.20 bits per heavy atom. The third-order valence-corrected chi connectivity index (χ3v) is 4.34. The van der Waals surface area contributed by atoms with Crippen molar-refractivity contribution in [3.05, 3.63) is 64.7 Å². The highest BCUT2D eigenvalue weighted by Gasteiger charge is 2.55. The molecule has 3 rings (SSSR count). The quantitative estimate of drug-likeness (QED) is 0.920. The van der Waals surface area contributed by atoms with Crippen molar-refractivity contribution in [2.75, 3.05) is 18.6 Å². The number of methoxy groups -OCH3 is 1. The van der Waals surface area contributed by atoms with Crippen molar-refractivity contribution in [2.24, 2.45) is 5.73 Å². The minimum absolute atomic E-state index is 0.0603. The van der Waals surface area contributed by atoms with Gasteiger partial charge in [0.05, 0.1) is 11.3 Å². The first-order valence-electron chi connectivity index (χ1n) is 7.54. The largest absolute Gasteiger partial charge is 0.368 e. The van der Waals surface area contributed by atoms with Gasteiger partial charge in [-0.15, -0.1) is 0 Å². The molecule has 1 aliphatic rings. The van der Waals surface area contributed by atoms with E-state index in [0.717, 1.165) is 16.5 Å². The van der Waals surface area contributed by atoms with Crippen molar-refractivity contribution >= 4 is 17.5 Å². The number of carbonyl (C=O) groups excluding carboxylic acids is 2. The first kappa shape index (κ1) is 17.0. The lowest BCUT2D eigenvalue weighted by Crippen LogP contribution is -2.45. The highest BCUT2D eigenvalue weighted by atomic mass is 19.2. The summed E-state index contributed by atoms with van der Waals surface area (Å²) in [7, 11) is 1.24. The summed E-state index contributed by atoms with van der Waals surface area (Å²) in [5.41, 5.74) is 4.39.